The van der Waals surface area contributed by atoms with Crippen LogP contribution >= 0.6 is 0 Å². The number of aryl methyl sites for hydroxylation is 2. The Hall–Kier alpha value is -4.00. The lowest BCUT2D eigenvalue weighted by molar-refractivity contribution is -0.117. The van der Waals surface area contributed by atoms with Gasteiger partial charge in [0, 0.05) is 36.4 Å². The van der Waals surface area contributed by atoms with E-state index in [1.54, 1.807) is 30.3 Å². The number of nitrogens with one attached hydrogen (secondary N) is 2. The van der Waals surface area contributed by atoms with Crippen LogP contribution in [-0.4, -0.2) is 26.6 Å². The van der Waals surface area contributed by atoms with Crippen molar-refractivity contribution in [2.45, 2.75) is 19.8 Å². The molecule has 2 aromatic carbocycles. The van der Waals surface area contributed by atoms with Crippen LogP contribution in [-0.2, 0) is 11.8 Å². The first-order valence-electron chi connectivity index (χ1n) is 10.6. The van der Waals surface area contributed by atoms with Crippen LogP contribution in [0.4, 0.5) is 11.5 Å². The van der Waals surface area contributed by atoms with Crippen LogP contribution in [0, 0.1) is 12.8 Å². The summed E-state index contributed by atoms with van der Waals surface area (Å²) in [5.74, 6) is 0.577. The van der Waals surface area contributed by atoms with Gasteiger partial charge in [-0.1, -0.05) is 18.2 Å². The number of amides is 2. The van der Waals surface area contributed by atoms with Crippen molar-refractivity contribution < 1.29 is 9.59 Å². The maximum Gasteiger partial charge on any atom is 0.258 e. The Morgan fingerprint density at radius 1 is 1.00 bits per heavy atom. The average Bonchev–Trinajstić information content (AvgIpc) is 3.55. The number of rotatable bonds is 5. The topological polar surface area (TPSA) is 88.9 Å². The van der Waals surface area contributed by atoms with Crippen LogP contribution in [0.2, 0.25) is 0 Å². The molecule has 32 heavy (non-hydrogen) atoms. The maximum absolute atomic E-state index is 12.5. The second-order valence-electron chi connectivity index (χ2n) is 8.28. The molecule has 0 unspecified atom stereocenters. The summed E-state index contributed by atoms with van der Waals surface area (Å²) in [6.07, 6.45) is 6.93. The molecule has 0 radical (unpaired) electrons. The molecule has 2 aromatic heterocycles. The second kappa shape index (κ2) is 7.92. The minimum atomic E-state index is -0.198. The summed E-state index contributed by atoms with van der Waals surface area (Å²) in [6.45, 7) is 2.04. The number of nitrogens with zero attached hydrogens (tertiary/aromatic N) is 3. The summed E-state index contributed by atoms with van der Waals surface area (Å²) in [7, 11) is 1.78. The zero-order valence-corrected chi connectivity index (χ0v) is 17.9. The SMILES string of the molecule is Cc1ccc(NC(=O)c2cnn(C)c2)cc1-c1ccc2cc(NC(=O)C3CC3)ncc2c1. The third-order valence-electron chi connectivity index (χ3n) is 5.69. The molecule has 7 heteroatoms. The van der Waals surface area contributed by atoms with Gasteiger partial charge >= 0.3 is 0 Å². The summed E-state index contributed by atoms with van der Waals surface area (Å²) in [5.41, 5.74) is 4.39. The summed E-state index contributed by atoms with van der Waals surface area (Å²) >= 11 is 0. The molecule has 1 aliphatic rings. The second-order valence-corrected chi connectivity index (χ2v) is 8.28. The van der Waals surface area contributed by atoms with Crippen molar-refractivity contribution in [3.05, 3.63) is 72.2 Å². The number of hydrogen-bond donors (Lipinski definition) is 2. The zero-order chi connectivity index (χ0) is 22.2. The van der Waals surface area contributed by atoms with Gasteiger partial charge in [-0.05, 0) is 66.1 Å². The minimum absolute atomic E-state index is 0.0502. The number of anilines is 2. The standard InChI is InChI=1S/C25H23N5O2/c1-15-3-8-21(28-25(32)20-13-27-30(2)14-20)11-22(15)18-7-6-17-10-23(26-12-19(17)9-18)29-24(31)16-4-5-16/h3,6-14,16H,4-5H2,1-2H3,(H,28,32)(H,26,29,31). The molecule has 0 spiro atoms. The van der Waals surface area contributed by atoms with Crippen LogP contribution in [0.25, 0.3) is 21.9 Å². The average molecular weight is 425 g/mol. The highest BCUT2D eigenvalue weighted by Gasteiger charge is 2.29. The number of hydrogen-bond acceptors (Lipinski definition) is 4. The van der Waals surface area contributed by atoms with E-state index in [0.717, 1.165) is 46.0 Å². The molecule has 2 amide bonds. The lowest BCUT2D eigenvalue weighted by Crippen LogP contribution is -2.14. The highest BCUT2D eigenvalue weighted by atomic mass is 16.2. The van der Waals surface area contributed by atoms with Gasteiger partial charge in [-0.2, -0.15) is 5.10 Å². The molecule has 0 aliphatic heterocycles. The van der Waals surface area contributed by atoms with Gasteiger partial charge in [-0.15, -0.1) is 0 Å². The van der Waals surface area contributed by atoms with Crippen LogP contribution in [0.3, 0.4) is 0 Å². The quantitative estimate of drug-likeness (QED) is 0.491. The Morgan fingerprint density at radius 3 is 2.59 bits per heavy atom. The molecule has 7 nitrogen and oxygen atoms in total. The van der Waals surface area contributed by atoms with Gasteiger partial charge in [-0.25, -0.2) is 4.98 Å². The number of carbonyl (C=O) groups is 2. The van der Waals surface area contributed by atoms with Crippen LogP contribution in [0.1, 0.15) is 28.8 Å². The molecule has 5 rings (SSSR count). The van der Waals surface area contributed by atoms with E-state index in [1.807, 2.05) is 43.3 Å². The lowest BCUT2D eigenvalue weighted by atomic mass is 9.97. The van der Waals surface area contributed by atoms with Gasteiger partial charge in [0.2, 0.25) is 5.91 Å². The Kier molecular flexibility index (Phi) is 4.93. The van der Waals surface area contributed by atoms with Crippen molar-refractivity contribution >= 4 is 34.1 Å². The largest absolute Gasteiger partial charge is 0.322 e. The molecule has 1 fully saturated rings. The molecule has 1 aliphatic carbocycles. The maximum atomic E-state index is 12.5. The van der Waals surface area contributed by atoms with E-state index >= 15 is 0 Å². The predicted octanol–water partition coefficient (Wildman–Crippen LogP) is 4.54. The van der Waals surface area contributed by atoms with Gasteiger partial charge in [0.25, 0.3) is 5.91 Å². The normalized spacial score (nSPS) is 13.2. The fourth-order valence-electron chi connectivity index (χ4n) is 3.70. The molecular weight excluding hydrogens is 402 g/mol. The van der Waals surface area contributed by atoms with E-state index in [4.69, 9.17) is 0 Å². The van der Waals surface area contributed by atoms with Crippen molar-refractivity contribution in [3.8, 4) is 11.1 Å². The van der Waals surface area contributed by atoms with Gasteiger partial charge in [0.15, 0.2) is 0 Å². The van der Waals surface area contributed by atoms with E-state index in [-0.39, 0.29) is 17.7 Å². The number of pyridine rings is 1. The fourth-order valence-corrected chi connectivity index (χ4v) is 3.70. The Balaban J connectivity index is 1.40. The number of benzene rings is 2. The molecule has 0 saturated heterocycles. The van der Waals surface area contributed by atoms with Crippen LogP contribution < -0.4 is 10.6 Å². The minimum Gasteiger partial charge on any atom is -0.322 e. The van der Waals surface area contributed by atoms with Gasteiger partial charge in [0.05, 0.1) is 11.8 Å². The monoisotopic (exact) mass is 425 g/mol. The summed E-state index contributed by atoms with van der Waals surface area (Å²) < 4.78 is 1.60. The summed E-state index contributed by atoms with van der Waals surface area (Å²) in [4.78, 5) is 28.9. The van der Waals surface area contributed by atoms with E-state index in [1.165, 1.54) is 0 Å². The predicted molar refractivity (Wildman–Crippen MR) is 124 cm³/mol. The van der Waals surface area contributed by atoms with Crippen molar-refractivity contribution in [3.63, 3.8) is 0 Å². The Bertz CT molecular complexity index is 1350. The van der Waals surface area contributed by atoms with E-state index in [0.29, 0.717) is 11.4 Å². The molecule has 2 heterocycles. The van der Waals surface area contributed by atoms with Crippen LogP contribution in [0.5, 0.6) is 0 Å². The molecule has 4 aromatic rings. The number of aromatic nitrogens is 3. The first kappa shape index (κ1) is 19.9. The third kappa shape index (κ3) is 4.09. The highest BCUT2D eigenvalue weighted by Crippen LogP contribution is 2.32. The smallest absolute Gasteiger partial charge is 0.258 e. The molecular formula is C25H23N5O2. The summed E-state index contributed by atoms with van der Waals surface area (Å²) in [6, 6.07) is 13.9. The molecule has 1 saturated carbocycles. The molecule has 0 atom stereocenters. The molecule has 2 N–H and O–H groups in total. The first-order valence-corrected chi connectivity index (χ1v) is 10.6. The highest BCUT2D eigenvalue weighted by molar-refractivity contribution is 6.04. The fraction of sp³-hybridized carbons (Fsp3) is 0.200. The van der Waals surface area contributed by atoms with Crippen LogP contribution in [0.15, 0.2) is 61.1 Å². The third-order valence-corrected chi connectivity index (χ3v) is 5.69. The van der Waals surface area contributed by atoms with Crippen molar-refractivity contribution in [1.82, 2.24) is 14.8 Å². The number of fused-ring (bicyclic) bond motifs is 1. The van der Waals surface area contributed by atoms with Gasteiger partial charge in [0.1, 0.15) is 5.82 Å². The molecule has 0 bridgehead atoms. The van der Waals surface area contributed by atoms with Crippen molar-refractivity contribution in [1.29, 1.82) is 0 Å². The van der Waals surface area contributed by atoms with E-state index < -0.39 is 0 Å². The Labute approximate surface area is 185 Å². The van der Waals surface area contributed by atoms with E-state index in [9.17, 15) is 9.59 Å². The lowest BCUT2D eigenvalue weighted by Gasteiger charge is -2.12. The number of carbonyl (C=O) groups excluding carboxylic acids is 2. The van der Waals surface area contributed by atoms with Crippen molar-refractivity contribution in [2.24, 2.45) is 13.0 Å². The zero-order valence-electron chi connectivity index (χ0n) is 17.9. The van der Waals surface area contributed by atoms with Gasteiger partial charge < -0.3 is 10.6 Å². The molecule has 160 valence electrons. The van der Waals surface area contributed by atoms with E-state index in [2.05, 4.69) is 26.8 Å². The van der Waals surface area contributed by atoms with Gasteiger partial charge in [-0.3, -0.25) is 14.3 Å². The Morgan fingerprint density at radius 2 is 1.84 bits per heavy atom. The first-order chi connectivity index (χ1) is 15.5. The van der Waals surface area contributed by atoms with Crippen molar-refractivity contribution in [2.75, 3.05) is 10.6 Å². The summed E-state index contributed by atoms with van der Waals surface area (Å²) in [5, 5.41) is 11.9.